The van der Waals surface area contributed by atoms with E-state index in [4.69, 9.17) is 14.2 Å². The minimum absolute atomic E-state index is 0.184. The van der Waals surface area contributed by atoms with Gasteiger partial charge < -0.3 is 19.1 Å². The van der Waals surface area contributed by atoms with Gasteiger partial charge in [0.25, 0.3) is 0 Å². The number of hydrogen-bond donors (Lipinski definition) is 0. The molecular weight excluding hydrogens is 258 g/mol. The van der Waals surface area contributed by atoms with E-state index in [1.807, 2.05) is 30.3 Å². The summed E-state index contributed by atoms with van der Waals surface area (Å²) < 4.78 is 16.4. The van der Waals surface area contributed by atoms with Crippen LogP contribution in [0.1, 0.15) is 12.0 Å². The molecule has 2 heterocycles. The Bertz CT molecular complexity index is 464. The van der Waals surface area contributed by atoms with Crippen LogP contribution in [0.2, 0.25) is 0 Å². The fourth-order valence-electron chi connectivity index (χ4n) is 2.69. The van der Waals surface area contributed by atoms with Crippen molar-refractivity contribution in [2.45, 2.75) is 25.4 Å². The number of rotatable bonds is 3. The monoisotopic (exact) mass is 277 g/mol. The number of ether oxygens (including phenoxy) is 3. The number of benzene rings is 1. The van der Waals surface area contributed by atoms with Gasteiger partial charge in [-0.05, 0) is 12.0 Å². The summed E-state index contributed by atoms with van der Waals surface area (Å²) in [6.45, 7) is 1.65. The first-order chi connectivity index (χ1) is 9.74. The Kier molecular flexibility index (Phi) is 3.89. The Morgan fingerprint density at radius 1 is 1.35 bits per heavy atom. The average molecular weight is 277 g/mol. The van der Waals surface area contributed by atoms with E-state index >= 15 is 0 Å². The average Bonchev–Trinajstić information content (AvgIpc) is 3.05. The third-order valence-corrected chi connectivity index (χ3v) is 3.81. The Morgan fingerprint density at radius 3 is 2.95 bits per heavy atom. The molecule has 2 aliphatic heterocycles. The number of amides is 1. The molecule has 108 valence electrons. The van der Waals surface area contributed by atoms with Crippen LogP contribution in [0, 0.1) is 5.92 Å². The van der Waals surface area contributed by atoms with Gasteiger partial charge in [-0.1, -0.05) is 30.3 Å². The maximum atomic E-state index is 12.1. The summed E-state index contributed by atoms with van der Waals surface area (Å²) in [7, 11) is 1.74. The van der Waals surface area contributed by atoms with Crippen molar-refractivity contribution in [2.75, 3.05) is 20.3 Å². The second kappa shape index (κ2) is 5.81. The topological polar surface area (TPSA) is 48.0 Å². The van der Waals surface area contributed by atoms with Gasteiger partial charge in [0.1, 0.15) is 6.10 Å². The Balaban J connectivity index is 1.54. The van der Waals surface area contributed by atoms with Gasteiger partial charge in [0.05, 0.1) is 19.1 Å². The molecule has 5 heteroatoms. The van der Waals surface area contributed by atoms with E-state index in [1.165, 1.54) is 0 Å². The maximum absolute atomic E-state index is 12.1. The van der Waals surface area contributed by atoms with Gasteiger partial charge in [-0.2, -0.15) is 0 Å². The Labute approximate surface area is 118 Å². The van der Waals surface area contributed by atoms with Crippen molar-refractivity contribution in [3.63, 3.8) is 0 Å². The third kappa shape index (κ3) is 2.78. The molecule has 2 aliphatic rings. The molecule has 1 amide bonds. The van der Waals surface area contributed by atoms with E-state index in [-0.39, 0.29) is 24.4 Å². The predicted octanol–water partition coefficient (Wildman–Crippen LogP) is 2.02. The maximum Gasteiger partial charge on any atom is 0.410 e. The molecule has 1 aromatic rings. The minimum Gasteiger partial charge on any atom is -0.443 e. The first-order valence-corrected chi connectivity index (χ1v) is 6.93. The molecule has 20 heavy (non-hydrogen) atoms. The Hall–Kier alpha value is -1.59. The number of carbonyl (C=O) groups is 1. The molecule has 5 nitrogen and oxygen atoms in total. The van der Waals surface area contributed by atoms with Crippen molar-refractivity contribution in [3.05, 3.63) is 35.9 Å². The second-order valence-electron chi connectivity index (χ2n) is 5.29. The molecule has 3 rings (SSSR count). The molecule has 2 saturated heterocycles. The fraction of sp³-hybridized carbons (Fsp3) is 0.533. The number of carbonyl (C=O) groups excluding carboxylic acids is 1. The van der Waals surface area contributed by atoms with Crippen molar-refractivity contribution >= 4 is 6.09 Å². The van der Waals surface area contributed by atoms with Crippen LogP contribution in [0.25, 0.3) is 0 Å². The summed E-state index contributed by atoms with van der Waals surface area (Å²) in [5.41, 5.74) is 1.08. The van der Waals surface area contributed by atoms with Gasteiger partial charge in [0.15, 0.2) is 6.29 Å². The molecule has 2 unspecified atom stereocenters. The van der Waals surface area contributed by atoms with E-state index < -0.39 is 0 Å². The molecule has 0 radical (unpaired) electrons. The summed E-state index contributed by atoms with van der Waals surface area (Å²) >= 11 is 0. The van der Waals surface area contributed by atoms with Crippen molar-refractivity contribution in [1.82, 2.24) is 4.90 Å². The minimum atomic E-state index is -0.310. The summed E-state index contributed by atoms with van der Waals surface area (Å²) in [6, 6.07) is 9.85. The molecule has 3 atom stereocenters. The van der Waals surface area contributed by atoms with Crippen LogP contribution in [0.15, 0.2) is 30.3 Å². The molecule has 0 N–H and O–H groups in total. The zero-order chi connectivity index (χ0) is 13.9. The number of fused-ring (bicyclic) bond motifs is 1. The van der Waals surface area contributed by atoms with E-state index in [0.29, 0.717) is 19.8 Å². The SMILES string of the molecule is CN(Cc1ccccc1)C(=O)O[C@@H]1COC2OCCC21. The fourth-order valence-corrected chi connectivity index (χ4v) is 2.69. The van der Waals surface area contributed by atoms with Crippen molar-refractivity contribution < 1.29 is 19.0 Å². The van der Waals surface area contributed by atoms with Gasteiger partial charge in [-0.25, -0.2) is 4.79 Å². The first kappa shape index (κ1) is 13.4. The zero-order valence-electron chi connectivity index (χ0n) is 11.5. The van der Waals surface area contributed by atoms with E-state index in [9.17, 15) is 4.79 Å². The third-order valence-electron chi connectivity index (χ3n) is 3.81. The predicted molar refractivity (Wildman–Crippen MR) is 72.0 cm³/mol. The van der Waals surface area contributed by atoms with Crippen LogP contribution in [-0.2, 0) is 20.8 Å². The largest absolute Gasteiger partial charge is 0.443 e. The lowest BCUT2D eigenvalue weighted by Gasteiger charge is -2.21. The molecular formula is C15H19NO4. The first-order valence-electron chi connectivity index (χ1n) is 6.93. The highest BCUT2D eigenvalue weighted by molar-refractivity contribution is 5.67. The summed E-state index contributed by atoms with van der Waals surface area (Å²) in [6.07, 6.45) is 0.209. The smallest absolute Gasteiger partial charge is 0.410 e. The lowest BCUT2D eigenvalue weighted by atomic mass is 10.0. The van der Waals surface area contributed by atoms with E-state index in [0.717, 1.165) is 12.0 Å². The van der Waals surface area contributed by atoms with Gasteiger partial charge in [-0.3, -0.25) is 0 Å². The summed E-state index contributed by atoms with van der Waals surface area (Å²) in [5, 5.41) is 0. The standard InChI is InChI=1S/C15H19NO4/c1-16(9-11-5-3-2-4-6-11)15(17)20-13-10-19-14-12(13)7-8-18-14/h2-6,12-14H,7-10H2,1H3/t12?,13-,14?/m1/s1. The van der Waals surface area contributed by atoms with Gasteiger partial charge >= 0.3 is 6.09 Å². The summed E-state index contributed by atoms with van der Waals surface area (Å²) in [5.74, 6) is 0.184. The van der Waals surface area contributed by atoms with Gasteiger partial charge in [0, 0.05) is 13.6 Å². The van der Waals surface area contributed by atoms with E-state index in [2.05, 4.69) is 0 Å². The van der Waals surface area contributed by atoms with E-state index in [1.54, 1.807) is 11.9 Å². The van der Waals surface area contributed by atoms with Crippen LogP contribution in [-0.4, -0.2) is 43.6 Å². The summed E-state index contributed by atoms with van der Waals surface area (Å²) in [4.78, 5) is 13.7. The normalized spacial score (nSPS) is 28.1. The van der Waals surface area contributed by atoms with Gasteiger partial charge in [-0.15, -0.1) is 0 Å². The van der Waals surface area contributed by atoms with Gasteiger partial charge in [0.2, 0.25) is 0 Å². The number of nitrogens with zero attached hydrogens (tertiary/aromatic N) is 1. The molecule has 1 aromatic carbocycles. The highest BCUT2D eigenvalue weighted by Gasteiger charge is 2.44. The highest BCUT2D eigenvalue weighted by Crippen LogP contribution is 2.33. The quantitative estimate of drug-likeness (QED) is 0.848. The second-order valence-corrected chi connectivity index (χ2v) is 5.29. The van der Waals surface area contributed by atoms with Crippen LogP contribution in [0.3, 0.4) is 0 Å². The van der Waals surface area contributed by atoms with Crippen LogP contribution < -0.4 is 0 Å². The highest BCUT2D eigenvalue weighted by atomic mass is 16.7. The van der Waals surface area contributed by atoms with Crippen LogP contribution >= 0.6 is 0 Å². The molecule has 0 saturated carbocycles. The molecule has 0 spiro atoms. The molecule has 0 bridgehead atoms. The Morgan fingerprint density at radius 2 is 2.15 bits per heavy atom. The molecule has 0 aromatic heterocycles. The lowest BCUT2D eigenvalue weighted by molar-refractivity contribution is -0.0907. The van der Waals surface area contributed by atoms with Crippen molar-refractivity contribution in [1.29, 1.82) is 0 Å². The van der Waals surface area contributed by atoms with Crippen LogP contribution in [0.4, 0.5) is 4.79 Å². The molecule has 0 aliphatic carbocycles. The zero-order valence-corrected chi connectivity index (χ0v) is 11.5. The van der Waals surface area contributed by atoms with Crippen LogP contribution in [0.5, 0.6) is 0 Å². The van der Waals surface area contributed by atoms with Crippen molar-refractivity contribution in [3.8, 4) is 0 Å². The lowest BCUT2D eigenvalue weighted by Crippen LogP contribution is -2.34. The number of hydrogen-bond acceptors (Lipinski definition) is 4. The van der Waals surface area contributed by atoms with Crippen molar-refractivity contribution in [2.24, 2.45) is 5.92 Å². The molecule has 2 fully saturated rings.